The summed E-state index contributed by atoms with van der Waals surface area (Å²) in [5.41, 5.74) is 1.25. The van der Waals surface area contributed by atoms with Crippen LogP contribution >= 0.6 is 11.6 Å². The number of pyridine rings is 1. The Labute approximate surface area is 106 Å². The van der Waals surface area contributed by atoms with Gasteiger partial charge in [0.1, 0.15) is 5.15 Å². The minimum absolute atomic E-state index is 0.169. The van der Waals surface area contributed by atoms with E-state index in [1.165, 1.54) is 7.11 Å². The molecule has 1 heterocycles. The molecule has 0 aromatic carbocycles. The van der Waals surface area contributed by atoms with Crippen molar-refractivity contribution in [2.24, 2.45) is 5.92 Å². The molecule has 0 atom stereocenters. The van der Waals surface area contributed by atoms with E-state index in [-0.39, 0.29) is 5.97 Å². The molecular formula is C13H16ClNO2. The SMILES string of the molecule is COC(=O)C1(c2cc(C)nc(Cl)c2)CC(C)C1. The first-order valence-electron chi connectivity index (χ1n) is 5.71. The zero-order valence-corrected chi connectivity index (χ0v) is 11.0. The van der Waals surface area contributed by atoms with Crippen molar-refractivity contribution in [3.05, 3.63) is 28.5 Å². The predicted octanol–water partition coefficient (Wildman–Crippen LogP) is 2.88. The van der Waals surface area contributed by atoms with Gasteiger partial charge in [0.05, 0.1) is 12.5 Å². The van der Waals surface area contributed by atoms with Crippen molar-refractivity contribution >= 4 is 17.6 Å². The number of carbonyl (C=O) groups excluding carboxylic acids is 1. The standard InChI is InChI=1S/C13H16ClNO2/c1-8-6-13(7-8,12(16)17-3)10-4-9(2)15-11(14)5-10/h4-5,8H,6-7H2,1-3H3. The van der Waals surface area contributed by atoms with E-state index in [4.69, 9.17) is 16.3 Å². The molecule has 0 aliphatic heterocycles. The summed E-state index contributed by atoms with van der Waals surface area (Å²) >= 11 is 5.96. The third-order valence-electron chi connectivity index (χ3n) is 3.44. The average Bonchev–Trinajstić information content (AvgIpc) is 2.22. The molecule has 0 radical (unpaired) electrons. The molecule has 0 bridgehead atoms. The number of carbonyl (C=O) groups is 1. The fourth-order valence-corrected chi connectivity index (χ4v) is 3.00. The first-order chi connectivity index (χ1) is 7.98. The van der Waals surface area contributed by atoms with Crippen molar-refractivity contribution in [1.82, 2.24) is 4.98 Å². The van der Waals surface area contributed by atoms with Crippen molar-refractivity contribution in [2.75, 3.05) is 7.11 Å². The van der Waals surface area contributed by atoms with Gasteiger partial charge in [0.2, 0.25) is 0 Å². The average molecular weight is 254 g/mol. The first kappa shape index (κ1) is 12.4. The number of halogens is 1. The van der Waals surface area contributed by atoms with Crippen LogP contribution in [0.25, 0.3) is 0 Å². The summed E-state index contributed by atoms with van der Waals surface area (Å²) in [4.78, 5) is 16.1. The van der Waals surface area contributed by atoms with Crippen LogP contribution in [0.4, 0.5) is 0 Å². The molecule has 0 saturated heterocycles. The smallest absolute Gasteiger partial charge is 0.316 e. The van der Waals surface area contributed by atoms with Crippen LogP contribution in [0.5, 0.6) is 0 Å². The maximum absolute atomic E-state index is 12.0. The number of rotatable bonds is 2. The molecule has 1 saturated carbocycles. The number of methoxy groups -OCH3 is 1. The van der Waals surface area contributed by atoms with Crippen molar-refractivity contribution in [1.29, 1.82) is 0 Å². The summed E-state index contributed by atoms with van der Waals surface area (Å²) < 4.78 is 4.94. The minimum Gasteiger partial charge on any atom is -0.468 e. The van der Waals surface area contributed by atoms with Crippen molar-refractivity contribution in [3.63, 3.8) is 0 Å². The maximum atomic E-state index is 12.0. The molecular weight excluding hydrogens is 238 g/mol. The Morgan fingerprint density at radius 1 is 1.53 bits per heavy atom. The van der Waals surface area contributed by atoms with Gasteiger partial charge in [0, 0.05) is 5.69 Å². The van der Waals surface area contributed by atoms with Gasteiger partial charge in [-0.15, -0.1) is 0 Å². The topological polar surface area (TPSA) is 39.2 Å². The van der Waals surface area contributed by atoms with Crippen LogP contribution in [0.2, 0.25) is 5.15 Å². The maximum Gasteiger partial charge on any atom is 0.316 e. The second kappa shape index (κ2) is 4.30. The second-order valence-electron chi connectivity index (χ2n) is 4.91. The second-order valence-corrected chi connectivity index (χ2v) is 5.29. The van der Waals surface area contributed by atoms with Crippen LogP contribution in [0.3, 0.4) is 0 Å². The normalized spacial score (nSPS) is 27.4. The van der Waals surface area contributed by atoms with Gasteiger partial charge >= 0.3 is 5.97 Å². The highest BCUT2D eigenvalue weighted by molar-refractivity contribution is 6.29. The Morgan fingerprint density at radius 2 is 2.18 bits per heavy atom. The summed E-state index contributed by atoms with van der Waals surface area (Å²) in [7, 11) is 1.43. The highest BCUT2D eigenvalue weighted by atomic mass is 35.5. The number of aromatic nitrogens is 1. The van der Waals surface area contributed by atoms with Gasteiger partial charge in [-0.2, -0.15) is 0 Å². The van der Waals surface area contributed by atoms with Crippen molar-refractivity contribution in [2.45, 2.75) is 32.1 Å². The van der Waals surface area contributed by atoms with E-state index < -0.39 is 5.41 Å². The lowest BCUT2D eigenvalue weighted by molar-refractivity contribution is -0.153. The number of aryl methyl sites for hydroxylation is 1. The van der Waals surface area contributed by atoms with E-state index in [0.29, 0.717) is 11.1 Å². The molecule has 1 aliphatic carbocycles. The van der Waals surface area contributed by atoms with Gasteiger partial charge in [-0.1, -0.05) is 18.5 Å². The lowest BCUT2D eigenvalue weighted by Crippen LogP contribution is -2.47. The van der Waals surface area contributed by atoms with E-state index >= 15 is 0 Å². The summed E-state index contributed by atoms with van der Waals surface area (Å²) in [6.45, 7) is 4.01. The molecule has 92 valence electrons. The van der Waals surface area contributed by atoms with E-state index in [9.17, 15) is 4.79 Å². The van der Waals surface area contributed by atoms with E-state index in [0.717, 1.165) is 24.1 Å². The van der Waals surface area contributed by atoms with E-state index in [1.807, 2.05) is 13.0 Å². The summed E-state index contributed by atoms with van der Waals surface area (Å²) in [5.74, 6) is 0.374. The third kappa shape index (κ3) is 2.04. The number of esters is 1. The number of ether oxygens (including phenoxy) is 1. The first-order valence-corrected chi connectivity index (χ1v) is 6.09. The Bertz CT molecular complexity index is 432. The summed E-state index contributed by atoms with van der Waals surface area (Å²) in [6.07, 6.45) is 1.64. The fourth-order valence-electron chi connectivity index (χ4n) is 2.75. The molecule has 17 heavy (non-hydrogen) atoms. The molecule has 1 fully saturated rings. The number of hydrogen-bond acceptors (Lipinski definition) is 3. The van der Waals surface area contributed by atoms with Crippen molar-refractivity contribution in [3.8, 4) is 0 Å². The van der Waals surface area contributed by atoms with Gasteiger partial charge in [0.15, 0.2) is 0 Å². The van der Waals surface area contributed by atoms with Crippen LogP contribution in [0.15, 0.2) is 12.1 Å². The Kier molecular flexibility index (Phi) is 3.13. The van der Waals surface area contributed by atoms with E-state index in [1.54, 1.807) is 6.07 Å². The van der Waals surface area contributed by atoms with Crippen molar-refractivity contribution < 1.29 is 9.53 Å². The molecule has 2 rings (SSSR count). The monoisotopic (exact) mass is 253 g/mol. The Hall–Kier alpha value is -1.09. The molecule has 4 heteroatoms. The molecule has 1 aromatic rings. The quantitative estimate of drug-likeness (QED) is 0.601. The summed E-state index contributed by atoms with van der Waals surface area (Å²) in [6, 6.07) is 3.70. The van der Waals surface area contributed by atoms with Crippen LogP contribution in [-0.4, -0.2) is 18.1 Å². The molecule has 1 aliphatic rings. The fraction of sp³-hybridized carbons (Fsp3) is 0.538. The Morgan fingerprint density at radius 3 is 2.65 bits per heavy atom. The highest BCUT2D eigenvalue weighted by Crippen LogP contribution is 2.48. The zero-order chi connectivity index (χ0) is 12.6. The third-order valence-corrected chi connectivity index (χ3v) is 3.64. The van der Waals surface area contributed by atoms with Gasteiger partial charge in [0.25, 0.3) is 0 Å². The van der Waals surface area contributed by atoms with Crippen LogP contribution < -0.4 is 0 Å². The van der Waals surface area contributed by atoms with Crippen LogP contribution in [0.1, 0.15) is 31.0 Å². The van der Waals surface area contributed by atoms with Crippen LogP contribution in [0, 0.1) is 12.8 Å². The summed E-state index contributed by atoms with van der Waals surface area (Å²) in [5, 5.41) is 0.433. The van der Waals surface area contributed by atoms with Crippen LogP contribution in [-0.2, 0) is 14.9 Å². The van der Waals surface area contributed by atoms with Gasteiger partial charge in [-0.05, 0) is 43.4 Å². The molecule has 0 N–H and O–H groups in total. The predicted molar refractivity (Wildman–Crippen MR) is 66.1 cm³/mol. The lowest BCUT2D eigenvalue weighted by Gasteiger charge is -2.44. The molecule has 1 aromatic heterocycles. The van der Waals surface area contributed by atoms with E-state index in [2.05, 4.69) is 11.9 Å². The lowest BCUT2D eigenvalue weighted by atomic mass is 9.59. The molecule has 3 nitrogen and oxygen atoms in total. The molecule has 0 spiro atoms. The van der Waals surface area contributed by atoms with Gasteiger partial charge in [-0.3, -0.25) is 4.79 Å². The zero-order valence-electron chi connectivity index (χ0n) is 10.3. The number of nitrogens with zero attached hydrogens (tertiary/aromatic N) is 1. The minimum atomic E-state index is -0.508. The highest BCUT2D eigenvalue weighted by Gasteiger charge is 2.50. The van der Waals surface area contributed by atoms with Gasteiger partial charge in [-0.25, -0.2) is 4.98 Å². The molecule has 0 unspecified atom stereocenters. The number of hydrogen-bond donors (Lipinski definition) is 0. The van der Waals surface area contributed by atoms with Gasteiger partial charge < -0.3 is 4.74 Å². The largest absolute Gasteiger partial charge is 0.468 e. The Balaban J connectivity index is 2.43. The molecule has 0 amide bonds.